The molecule has 3 aromatic rings. The Bertz CT molecular complexity index is 990. The monoisotopic (exact) mass is 393 g/mol. The highest BCUT2D eigenvalue weighted by molar-refractivity contribution is 6.03. The van der Waals surface area contributed by atoms with Crippen molar-refractivity contribution in [1.82, 2.24) is 9.97 Å². The Balaban J connectivity index is 1.74. The fourth-order valence-electron chi connectivity index (χ4n) is 2.61. The van der Waals surface area contributed by atoms with E-state index >= 15 is 0 Å². The summed E-state index contributed by atoms with van der Waals surface area (Å²) >= 11 is 0. The largest absolute Gasteiger partial charge is 0.497 e. The molecule has 0 aliphatic heterocycles. The Kier molecular flexibility index (Phi) is 6.13. The standard InChI is InChI=1S/C21H23N5O3/c1-26(2)15-7-5-14(6-8-15)23-20(27)18-11-12-22-21(25-18)24-17-10-9-16(28-3)13-19(17)29-4/h5-13H,1-4H3,(H,23,27)(H,22,24,25). The molecule has 8 nitrogen and oxygen atoms in total. The van der Waals surface area contributed by atoms with Crippen LogP contribution in [0.3, 0.4) is 0 Å². The first-order chi connectivity index (χ1) is 14.0. The van der Waals surface area contributed by atoms with Crippen LogP contribution in [-0.2, 0) is 0 Å². The van der Waals surface area contributed by atoms with Gasteiger partial charge >= 0.3 is 0 Å². The van der Waals surface area contributed by atoms with E-state index in [1.165, 1.54) is 6.20 Å². The lowest BCUT2D eigenvalue weighted by atomic mass is 10.2. The molecule has 1 amide bonds. The van der Waals surface area contributed by atoms with Crippen molar-refractivity contribution in [2.75, 3.05) is 43.8 Å². The van der Waals surface area contributed by atoms with Gasteiger partial charge in [-0.2, -0.15) is 0 Å². The minimum atomic E-state index is -0.324. The summed E-state index contributed by atoms with van der Waals surface area (Å²) in [6.45, 7) is 0. The van der Waals surface area contributed by atoms with E-state index in [9.17, 15) is 4.79 Å². The number of anilines is 4. The van der Waals surface area contributed by atoms with E-state index in [0.717, 1.165) is 5.69 Å². The molecule has 2 aromatic carbocycles. The van der Waals surface area contributed by atoms with Crippen molar-refractivity contribution in [3.8, 4) is 11.5 Å². The van der Waals surface area contributed by atoms with E-state index in [1.54, 1.807) is 38.5 Å². The topological polar surface area (TPSA) is 88.6 Å². The molecule has 8 heteroatoms. The van der Waals surface area contributed by atoms with Gasteiger partial charge < -0.3 is 25.0 Å². The van der Waals surface area contributed by atoms with Gasteiger partial charge in [0.15, 0.2) is 0 Å². The first kappa shape index (κ1) is 19.9. The molecular formula is C21H23N5O3. The van der Waals surface area contributed by atoms with Crippen molar-refractivity contribution in [2.45, 2.75) is 0 Å². The maximum absolute atomic E-state index is 12.6. The molecule has 2 N–H and O–H groups in total. The summed E-state index contributed by atoms with van der Waals surface area (Å²) in [5, 5.41) is 5.90. The van der Waals surface area contributed by atoms with Crippen LogP contribution in [-0.4, -0.2) is 44.2 Å². The lowest BCUT2D eigenvalue weighted by Crippen LogP contribution is -2.15. The van der Waals surface area contributed by atoms with Crippen molar-refractivity contribution in [2.24, 2.45) is 0 Å². The maximum Gasteiger partial charge on any atom is 0.274 e. The van der Waals surface area contributed by atoms with Crippen molar-refractivity contribution in [3.05, 3.63) is 60.4 Å². The predicted molar refractivity (Wildman–Crippen MR) is 114 cm³/mol. The number of amides is 1. The van der Waals surface area contributed by atoms with Gasteiger partial charge in [-0.05, 0) is 42.5 Å². The van der Waals surface area contributed by atoms with Gasteiger partial charge in [-0.3, -0.25) is 4.79 Å². The molecule has 0 aliphatic carbocycles. The van der Waals surface area contributed by atoms with Crippen LogP contribution in [0.25, 0.3) is 0 Å². The lowest BCUT2D eigenvalue weighted by Gasteiger charge is -2.13. The minimum absolute atomic E-state index is 0.242. The van der Waals surface area contributed by atoms with E-state index in [-0.39, 0.29) is 17.5 Å². The highest BCUT2D eigenvalue weighted by Gasteiger charge is 2.11. The van der Waals surface area contributed by atoms with Gasteiger partial charge in [0.25, 0.3) is 5.91 Å². The Hall–Kier alpha value is -3.81. The number of ether oxygens (including phenoxy) is 2. The normalized spacial score (nSPS) is 10.2. The first-order valence-corrected chi connectivity index (χ1v) is 8.91. The molecule has 0 saturated heterocycles. The third kappa shape index (κ3) is 4.92. The number of benzene rings is 2. The van der Waals surface area contributed by atoms with E-state index in [2.05, 4.69) is 20.6 Å². The third-order valence-electron chi connectivity index (χ3n) is 4.18. The van der Waals surface area contributed by atoms with Gasteiger partial charge in [-0.15, -0.1) is 0 Å². The molecule has 0 fully saturated rings. The molecular weight excluding hydrogens is 370 g/mol. The molecule has 0 unspecified atom stereocenters. The number of nitrogens with zero attached hydrogens (tertiary/aromatic N) is 3. The van der Waals surface area contributed by atoms with Crippen LogP contribution in [0.5, 0.6) is 11.5 Å². The van der Waals surface area contributed by atoms with Gasteiger partial charge in [-0.1, -0.05) is 0 Å². The Morgan fingerprint density at radius 3 is 2.41 bits per heavy atom. The first-order valence-electron chi connectivity index (χ1n) is 8.91. The Morgan fingerprint density at radius 2 is 1.76 bits per heavy atom. The molecule has 1 aromatic heterocycles. The number of carbonyl (C=O) groups is 1. The van der Waals surface area contributed by atoms with Crippen LogP contribution in [0.15, 0.2) is 54.7 Å². The maximum atomic E-state index is 12.6. The summed E-state index contributed by atoms with van der Waals surface area (Å²) in [6, 6.07) is 14.4. The van der Waals surface area contributed by atoms with Crippen LogP contribution in [0.4, 0.5) is 23.0 Å². The number of methoxy groups -OCH3 is 2. The van der Waals surface area contributed by atoms with Crippen LogP contribution in [0.1, 0.15) is 10.5 Å². The second kappa shape index (κ2) is 8.92. The average molecular weight is 393 g/mol. The second-order valence-corrected chi connectivity index (χ2v) is 6.35. The third-order valence-corrected chi connectivity index (χ3v) is 4.18. The fraction of sp³-hybridized carbons (Fsp3) is 0.190. The molecule has 3 rings (SSSR count). The summed E-state index contributed by atoms with van der Waals surface area (Å²) in [6.07, 6.45) is 1.52. The fourth-order valence-corrected chi connectivity index (χ4v) is 2.61. The summed E-state index contributed by atoms with van der Waals surface area (Å²) in [5.41, 5.74) is 2.63. The SMILES string of the molecule is COc1ccc(Nc2nccc(C(=O)Nc3ccc(N(C)C)cc3)n2)c(OC)c1. The molecule has 0 atom stereocenters. The molecule has 0 bridgehead atoms. The molecule has 0 radical (unpaired) electrons. The number of aromatic nitrogens is 2. The van der Waals surface area contributed by atoms with Crippen molar-refractivity contribution < 1.29 is 14.3 Å². The van der Waals surface area contributed by atoms with E-state index in [0.29, 0.717) is 22.9 Å². The van der Waals surface area contributed by atoms with E-state index in [4.69, 9.17) is 9.47 Å². The number of carbonyl (C=O) groups excluding carboxylic acids is 1. The predicted octanol–water partition coefficient (Wildman–Crippen LogP) is 3.56. The van der Waals surface area contributed by atoms with Gasteiger partial charge in [0.1, 0.15) is 17.2 Å². The van der Waals surface area contributed by atoms with Crippen molar-refractivity contribution in [3.63, 3.8) is 0 Å². The zero-order chi connectivity index (χ0) is 20.8. The number of hydrogen-bond donors (Lipinski definition) is 2. The van der Waals surface area contributed by atoms with E-state index < -0.39 is 0 Å². The average Bonchev–Trinajstić information content (AvgIpc) is 2.74. The van der Waals surface area contributed by atoms with Gasteiger partial charge in [0.05, 0.1) is 19.9 Å². The van der Waals surface area contributed by atoms with Gasteiger partial charge in [0, 0.05) is 37.7 Å². The lowest BCUT2D eigenvalue weighted by molar-refractivity contribution is 0.102. The molecule has 0 saturated carbocycles. The van der Waals surface area contributed by atoms with Crippen molar-refractivity contribution in [1.29, 1.82) is 0 Å². The molecule has 1 heterocycles. The summed E-state index contributed by atoms with van der Waals surface area (Å²) in [5.74, 6) is 1.20. The smallest absolute Gasteiger partial charge is 0.274 e. The Labute approximate surface area is 169 Å². The highest BCUT2D eigenvalue weighted by Crippen LogP contribution is 2.30. The molecule has 150 valence electrons. The second-order valence-electron chi connectivity index (χ2n) is 6.35. The van der Waals surface area contributed by atoms with Crippen LogP contribution in [0, 0.1) is 0 Å². The number of rotatable bonds is 7. The summed E-state index contributed by atoms with van der Waals surface area (Å²) < 4.78 is 10.6. The van der Waals surface area contributed by atoms with Crippen LogP contribution < -0.4 is 25.0 Å². The quantitative estimate of drug-likeness (QED) is 0.634. The Morgan fingerprint density at radius 1 is 1.00 bits per heavy atom. The van der Waals surface area contributed by atoms with Crippen LogP contribution in [0.2, 0.25) is 0 Å². The molecule has 0 aliphatic rings. The number of nitrogens with one attached hydrogen (secondary N) is 2. The summed E-state index contributed by atoms with van der Waals surface area (Å²) in [7, 11) is 7.06. The highest BCUT2D eigenvalue weighted by atomic mass is 16.5. The van der Waals surface area contributed by atoms with E-state index in [1.807, 2.05) is 43.3 Å². The molecule has 29 heavy (non-hydrogen) atoms. The summed E-state index contributed by atoms with van der Waals surface area (Å²) in [4.78, 5) is 23.0. The molecule has 0 spiro atoms. The minimum Gasteiger partial charge on any atom is -0.497 e. The zero-order valence-corrected chi connectivity index (χ0v) is 16.8. The van der Waals surface area contributed by atoms with Crippen LogP contribution >= 0.6 is 0 Å². The van der Waals surface area contributed by atoms with Crippen molar-refractivity contribution >= 4 is 28.9 Å². The number of hydrogen-bond acceptors (Lipinski definition) is 7. The van der Waals surface area contributed by atoms with Gasteiger partial charge in [-0.25, -0.2) is 9.97 Å². The van der Waals surface area contributed by atoms with Gasteiger partial charge in [0.2, 0.25) is 5.95 Å². The zero-order valence-electron chi connectivity index (χ0n) is 16.8.